The number of ketones is 1. The third kappa shape index (κ3) is 2.44. The number of rotatable bonds is 2. The van der Waals surface area contributed by atoms with Gasteiger partial charge in [0.15, 0.2) is 5.78 Å². The first-order valence-electron chi connectivity index (χ1n) is 8.44. The number of aromatic nitrogens is 4. The number of para-hydroxylation sites is 1. The zero-order chi connectivity index (χ0) is 18.4. The number of H-pyrrole nitrogens is 1. The first kappa shape index (κ1) is 16.3. The fourth-order valence-electron chi connectivity index (χ4n) is 3.66. The van der Waals surface area contributed by atoms with E-state index in [0.717, 1.165) is 16.9 Å². The quantitative estimate of drug-likeness (QED) is 0.721. The number of aromatic amines is 1. The lowest BCUT2D eigenvalue weighted by atomic mass is 10.1. The lowest BCUT2D eigenvalue weighted by molar-refractivity contribution is 0.0979. The molecule has 4 rings (SSSR count). The van der Waals surface area contributed by atoms with Gasteiger partial charge in [0.05, 0.1) is 25.0 Å². The molecule has 2 aromatic heterocycles. The van der Waals surface area contributed by atoms with E-state index in [0.29, 0.717) is 35.6 Å². The van der Waals surface area contributed by atoms with Crippen molar-refractivity contribution in [1.82, 2.24) is 20.0 Å². The van der Waals surface area contributed by atoms with Crippen LogP contribution in [0, 0.1) is 13.8 Å². The molecule has 7 nitrogen and oxygen atoms in total. The number of benzene rings is 1. The Labute approximate surface area is 150 Å². The molecule has 1 aliphatic rings. The van der Waals surface area contributed by atoms with Crippen molar-refractivity contribution in [3.05, 3.63) is 64.2 Å². The number of Topliss-reactive ketones (excluding diaryl/α,β-unsaturated/α-hetero) is 1. The minimum atomic E-state index is -0.166. The normalized spacial score (nSPS) is 13.1. The van der Waals surface area contributed by atoms with Crippen molar-refractivity contribution in [3.63, 3.8) is 0 Å². The van der Waals surface area contributed by atoms with Gasteiger partial charge < -0.3 is 9.88 Å². The Morgan fingerprint density at radius 2 is 1.92 bits per heavy atom. The maximum Gasteiger partial charge on any atom is 0.275 e. The minimum Gasteiger partial charge on any atom is -0.354 e. The topological polar surface area (TPSA) is 83.9 Å². The summed E-state index contributed by atoms with van der Waals surface area (Å²) in [6.45, 7) is 6.08. The van der Waals surface area contributed by atoms with Gasteiger partial charge in [-0.2, -0.15) is 0 Å². The molecule has 1 amide bonds. The van der Waals surface area contributed by atoms with Gasteiger partial charge in [0.1, 0.15) is 5.69 Å². The molecule has 0 spiro atoms. The van der Waals surface area contributed by atoms with Crippen molar-refractivity contribution in [2.45, 2.75) is 33.9 Å². The van der Waals surface area contributed by atoms with E-state index in [4.69, 9.17) is 0 Å². The molecule has 0 bridgehead atoms. The second-order valence-corrected chi connectivity index (χ2v) is 6.58. The third-order valence-corrected chi connectivity index (χ3v) is 4.87. The molecule has 7 heteroatoms. The summed E-state index contributed by atoms with van der Waals surface area (Å²) in [6, 6.07) is 7.78. The van der Waals surface area contributed by atoms with Gasteiger partial charge in [-0.05, 0) is 38.0 Å². The molecule has 0 fully saturated rings. The fraction of sp³-hybridized carbons (Fsp3) is 0.263. The highest BCUT2D eigenvalue weighted by Gasteiger charge is 2.29. The van der Waals surface area contributed by atoms with E-state index in [1.165, 1.54) is 6.92 Å². The minimum absolute atomic E-state index is 0.0474. The molecule has 0 saturated carbocycles. The van der Waals surface area contributed by atoms with Gasteiger partial charge in [0, 0.05) is 16.9 Å². The first-order valence-corrected chi connectivity index (χ1v) is 8.44. The van der Waals surface area contributed by atoms with E-state index in [9.17, 15) is 9.59 Å². The second-order valence-electron chi connectivity index (χ2n) is 6.58. The van der Waals surface area contributed by atoms with E-state index in [2.05, 4.69) is 15.3 Å². The molecule has 1 aromatic carbocycles. The van der Waals surface area contributed by atoms with Crippen LogP contribution in [0.4, 0.5) is 5.69 Å². The first-order chi connectivity index (χ1) is 12.5. The molecule has 0 saturated heterocycles. The van der Waals surface area contributed by atoms with Gasteiger partial charge in [0.2, 0.25) is 0 Å². The van der Waals surface area contributed by atoms with Gasteiger partial charge in [-0.1, -0.05) is 23.4 Å². The van der Waals surface area contributed by atoms with Crippen LogP contribution in [-0.4, -0.2) is 31.7 Å². The van der Waals surface area contributed by atoms with Gasteiger partial charge in [-0.15, -0.1) is 5.10 Å². The smallest absolute Gasteiger partial charge is 0.275 e. The van der Waals surface area contributed by atoms with E-state index in [-0.39, 0.29) is 11.7 Å². The van der Waals surface area contributed by atoms with Crippen molar-refractivity contribution in [1.29, 1.82) is 0 Å². The molecule has 0 radical (unpaired) electrons. The van der Waals surface area contributed by atoms with Crippen LogP contribution in [0.3, 0.4) is 0 Å². The lowest BCUT2D eigenvalue weighted by Crippen LogP contribution is -2.31. The number of fused-ring (bicyclic) bond motifs is 2. The van der Waals surface area contributed by atoms with E-state index >= 15 is 0 Å². The Balaban J connectivity index is 1.83. The molecule has 3 aromatic rings. The zero-order valence-corrected chi connectivity index (χ0v) is 14.9. The van der Waals surface area contributed by atoms with Crippen LogP contribution in [0.5, 0.6) is 0 Å². The highest BCUT2D eigenvalue weighted by atomic mass is 16.2. The monoisotopic (exact) mass is 349 g/mol. The molecule has 1 N–H and O–H groups in total. The van der Waals surface area contributed by atoms with Crippen molar-refractivity contribution in [2.24, 2.45) is 0 Å². The summed E-state index contributed by atoms with van der Waals surface area (Å²) in [6.07, 6.45) is 1.68. The molecular weight excluding hydrogens is 330 g/mol. The summed E-state index contributed by atoms with van der Waals surface area (Å²) in [5.41, 5.74) is 5.15. The number of hydrogen-bond donors (Lipinski definition) is 1. The number of carbonyl (C=O) groups is 2. The molecule has 132 valence electrons. The van der Waals surface area contributed by atoms with Crippen LogP contribution < -0.4 is 4.90 Å². The number of nitrogens with zero attached hydrogens (tertiary/aromatic N) is 4. The predicted octanol–water partition coefficient (Wildman–Crippen LogP) is 2.63. The van der Waals surface area contributed by atoms with E-state index in [1.807, 2.05) is 38.1 Å². The zero-order valence-electron chi connectivity index (χ0n) is 14.9. The number of amides is 1. The summed E-state index contributed by atoms with van der Waals surface area (Å²) in [5, 5.41) is 8.08. The van der Waals surface area contributed by atoms with Gasteiger partial charge >= 0.3 is 0 Å². The largest absolute Gasteiger partial charge is 0.354 e. The predicted molar refractivity (Wildman–Crippen MR) is 96.4 cm³/mol. The van der Waals surface area contributed by atoms with Gasteiger partial charge in [0.25, 0.3) is 5.91 Å². The number of aryl methyl sites for hydroxylation is 1. The van der Waals surface area contributed by atoms with Crippen molar-refractivity contribution < 1.29 is 9.59 Å². The number of anilines is 1. The average Bonchev–Trinajstić information content (AvgIpc) is 3.12. The van der Waals surface area contributed by atoms with E-state index in [1.54, 1.807) is 15.8 Å². The van der Waals surface area contributed by atoms with Crippen LogP contribution in [0.25, 0.3) is 0 Å². The number of hydrogen-bond acceptors (Lipinski definition) is 4. The number of carbonyl (C=O) groups excluding carboxylic acids is 2. The van der Waals surface area contributed by atoms with Crippen molar-refractivity contribution >= 4 is 17.4 Å². The second kappa shape index (κ2) is 5.94. The molecule has 0 atom stereocenters. The highest BCUT2D eigenvalue weighted by Crippen LogP contribution is 2.29. The number of nitrogens with one attached hydrogen (secondary N) is 1. The maximum atomic E-state index is 13.4. The summed E-state index contributed by atoms with van der Waals surface area (Å²) < 4.78 is 1.81. The van der Waals surface area contributed by atoms with Gasteiger partial charge in [-0.3, -0.25) is 9.59 Å². The molecule has 3 heterocycles. The van der Waals surface area contributed by atoms with Crippen molar-refractivity contribution in [2.75, 3.05) is 4.90 Å². The van der Waals surface area contributed by atoms with Crippen LogP contribution in [-0.2, 0) is 13.1 Å². The molecule has 0 unspecified atom stereocenters. The molecular formula is C19H19N5O2. The summed E-state index contributed by atoms with van der Waals surface area (Å²) in [4.78, 5) is 30.1. The van der Waals surface area contributed by atoms with Crippen molar-refractivity contribution in [3.8, 4) is 0 Å². The molecule has 26 heavy (non-hydrogen) atoms. The Hall–Kier alpha value is -3.22. The summed E-state index contributed by atoms with van der Waals surface area (Å²) >= 11 is 0. The fourth-order valence-corrected chi connectivity index (χ4v) is 3.66. The SMILES string of the molecule is CC(=O)c1c(C)[nH]c(C(=O)N2Cc3cnnn3Cc3ccccc32)c1C. The van der Waals surface area contributed by atoms with Crippen LogP contribution >= 0.6 is 0 Å². The van der Waals surface area contributed by atoms with Crippen LogP contribution in [0.2, 0.25) is 0 Å². The third-order valence-electron chi connectivity index (χ3n) is 4.87. The standard InChI is InChI=1S/C19H19N5O2/c1-11-17(13(3)25)12(2)21-18(11)19(26)23-10-15-8-20-22-24(15)9-14-6-4-5-7-16(14)23/h4-8,21H,9-10H2,1-3H3. The molecule has 0 aliphatic carbocycles. The van der Waals surface area contributed by atoms with Crippen LogP contribution in [0.15, 0.2) is 30.5 Å². The van der Waals surface area contributed by atoms with E-state index < -0.39 is 0 Å². The highest BCUT2D eigenvalue weighted by molar-refractivity contribution is 6.09. The van der Waals surface area contributed by atoms with Gasteiger partial charge in [-0.25, -0.2) is 4.68 Å². The Kier molecular flexibility index (Phi) is 3.72. The maximum absolute atomic E-state index is 13.4. The Bertz CT molecular complexity index is 1030. The lowest BCUT2D eigenvalue weighted by Gasteiger charge is -2.22. The van der Waals surface area contributed by atoms with Crippen LogP contribution in [0.1, 0.15) is 50.3 Å². The average molecular weight is 349 g/mol. The molecule has 1 aliphatic heterocycles. The Morgan fingerprint density at radius 1 is 1.15 bits per heavy atom. The Morgan fingerprint density at radius 3 is 2.65 bits per heavy atom. The summed E-state index contributed by atoms with van der Waals surface area (Å²) in [5.74, 6) is -0.214. The summed E-state index contributed by atoms with van der Waals surface area (Å²) in [7, 11) is 0.